The van der Waals surface area contributed by atoms with Crippen LogP contribution >= 0.6 is 0 Å². The summed E-state index contributed by atoms with van der Waals surface area (Å²) in [6.45, 7) is 4.79. The molecule has 1 saturated carbocycles. The van der Waals surface area contributed by atoms with Gasteiger partial charge in [0.25, 0.3) is 0 Å². The van der Waals surface area contributed by atoms with Gasteiger partial charge in [0, 0.05) is 48.9 Å². The van der Waals surface area contributed by atoms with Crippen LogP contribution in [0.4, 0.5) is 22.7 Å². The SMILES string of the molecule is CCCN(Cc1ccc(Nc2ccccc2)cc1)C(=O)[C@H]1[C@H](C(=O)O)[C@H](C(=O)N(CCC)Cc2ccc(Nc3ccccc3)cc2)[C@H]1C(=O)O. The molecular weight excluding hydrogens is 632 g/mol. The summed E-state index contributed by atoms with van der Waals surface area (Å²) < 4.78 is 0. The van der Waals surface area contributed by atoms with Gasteiger partial charge in [-0.05, 0) is 72.5 Å². The Hall–Kier alpha value is -5.64. The lowest BCUT2D eigenvalue weighted by Crippen LogP contribution is -2.64. The quantitative estimate of drug-likeness (QED) is 0.0996. The van der Waals surface area contributed by atoms with E-state index in [2.05, 4.69) is 10.6 Å². The second-order valence-electron chi connectivity index (χ2n) is 12.7. The average molecular weight is 677 g/mol. The van der Waals surface area contributed by atoms with Crippen LogP contribution in [0.25, 0.3) is 0 Å². The van der Waals surface area contributed by atoms with Crippen molar-refractivity contribution in [3.8, 4) is 0 Å². The molecule has 0 atom stereocenters. The van der Waals surface area contributed by atoms with E-state index < -0.39 is 47.4 Å². The molecule has 10 heteroatoms. The molecule has 4 aromatic rings. The van der Waals surface area contributed by atoms with Crippen molar-refractivity contribution in [2.75, 3.05) is 23.7 Å². The van der Waals surface area contributed by atoms with Gasteiger partial charge in [0.1, 0.15) is 0 Å². The highest BCUT2D eigenvalue weighted by Gasteiger charge is 2.64. The molecule has 0 unspecified atom stereocenters. The summed E-state index contributed by atoms with van der Waals surface area (Å²) in [6.07, 6.45) is 1.18. The van der Waals surface area contributed by atoms with Crippen LogP contribution in [0.1, 0.15) is 37.8 Å². The molecule has 0 bridgehead atoms. The fourth-order valence-electron chi connectivity index (χ4n) is 6.68. The zero-order valence-corrected chi connectivity index (χ0v) is 28.4. The van der Waals surface area contributed by atoms with E-state index >= 15 is 0 Å². The highest BCUT2D eigenvalue weighted by Crippen LogP contribution is 2.49. The molecule has 5 rings (SSSR count). The topological polar surface area (TPSA) is 139 Å². The highest BCUT2D eigenvalue weighted by atomic mass is 16.4. The van der Waals surface area contributed by atoms with Crippen molar-refractivity contribution in [1.82, 2.24) is 9.80 Å². The number of carbonyl (C=O) groups is 4. The summed E-state index contributed by atoms with van der Waals surface area (Å²) >= 11 is 0. The number of carbonyl (C=O) groups excluding carboxylic acids is 2. The third-order valence-corrected chi connectivity index (χ3v) is 9.08. The number of amides is 2. The Morgan fingerprint density at radius 2 is 0.820 bits per heavy atom. The maximum atomic E-state index is 14.0. The second-order valence-corrected chi connectivity index (χ2v) is 12.7. The minimum Gasteiger partial charge on any atom is -0.481 e. The van der Waals surface area contributed by atoms with Gasteiger partial charge in [-0.25, -0.2) is 0 Å². The number of rotatable bonds is 16. The molecule has 4 N–H and O–H groups in total. The number of anilines is 4. The first-order chi connectivity index (χ1) is 24.2. The largest absolute Gasteiger partial charge is 0.481 e. The van der Waals surface area contributed by atoms with Crippen molar-refractivity contribution < 1.29 is 29.4 Å². The number of hydrogen-bond acceptors (Lipinski definition) is 6. The molecule has 0 aliphatic heterocycles. The molecule has 0 spiro atoms. The Morgan fingerprint density at radius 1 is 0.500 bits per heavy atom. The minimum absolute atomic E-state index is 0.184. The number of para-hydroxylation sites is 2. The molecule has 50 heavy (non-hydrogen) atoms. The van der Waals surface area contributed by atoms with Crippen LogP contribution < -0.4 is 10.6 Å². The van der Waals surface area contributed by atoms with Crippen LogP contribution in [0.15, 0.2) is 109 Å². The van der Waals surface area contributed by atoms with E-state index in [1.807, 2.05) is 123 Å². The highest BCUT2D eigenvalue weighted by molar-refractivity contribution is 5.99. The van der Waals surface area contributed by atoms with Gasteiger partial charge in [0.2, 0.25) is 11.8 Å². The number of carboxylic acid groups (broad SMARTS) is 2. The Labute approximate surface area is 292 Å². The summed E-state index contributed by atoms with van der Waals surface area (Å²) in [5.41, 5.74) is 5.22. The van der Waals surface area contributed by atoms with E-state index in [0.29, 0.717) is 25.9 Å². The lowest BCUT2D eigenvalue weighted by molar-refractivity contribution is -0.187. The number of nitrogens with zero attached hydrogens (tertiary/aromatic N) is 2. The number of aliphatic carboxylic acids is 2. The van der Waals surface area contributed by atoms with Gasteiger partial charge in [0.05, 0.1) is 23.7 Å². The number of carboxylic acids is 2. The summed E-state index contributed by atoms with van der Waals surface area (Å²) in [4.78, 5) is 56.5. The fourth-order valence-corrected chi connectivity index (χ4v) is 6.68. The lowest BCUT2D eigenvalue weighted by atomic mass is 9.55. The molecule has 1 aliphatic carbocycles. The van der Waals surface area contributed by atoms with Gasteiger partial charge in [-0.2, -0.15) is 0 Å². The van der Waals surface area contributed by atoms with Gasteiger partial charge in [-0.3, -0.25) is 19.2 Å². The Kier molecular flexibility index (Phi) is 11.9. The number of hydrogen-bond donors (Lipinski definition) is 4. The van der Waals surface area contributed by atoms with Crippen LogP contribution in [0.5, 0.6) is 0 Å². The Morgan fingerprint density at radius 3 is 1.12 bits per heavy atom. The predicted molar refractivity (Wildman–Crippen MR) is 193 cm³/mol. The monoisotopic (exact) mass is 676 g/mol. The zero-order chi connectivity index (χ0) is 35.6. The molecule has 10 nitrogen and oxygen atoms in total. The van der Waals surface area contributed by atoms with Crippen LogP contribution in [0, 0.1) is 23.7 Å². The number of nitrogens with one attached hydrogen (secondary N) is 2. The summed E-state index contributed by atoms with van der Waals surface area (Å²) in [6, 6.07) is 34.5. The summed E-state index contributed by atoms with van der Waals surface area (Å²) in [5, 5.41) is 27.3. The molecule has 0 aromatic heterocycles. The molecule has 2 amide bonds. The molecule has 0 saturated heterocycles. The normalized spacial score (nSPS) is 18.0. The van der Waals surface area contributed by atoms with Gasteiger partial charge >= 0.3 is 11.9 Å². The Balaban J connectivity index is 1.31. The van der Waals surface area contributed by atoms with Crippen molar-refractivity contribution in [2.24, 2.45) is 23.7 Å². The molecule has 260 valence electrons. The van der Waals surface area contributed by atoms with Crippen molar-refractivity contribution in [2.45, 2.75) is 39.8 Å². The summed E-state index contributed by atoms with van der Waals surface area (Å²) in [7, 11) is 0. The van der Waals surface area contributed by atoms with Crippen LogP contribution in [-0.2, 0) is 32.3 Å². The number of benzene rings is 4. The van der Waals surface area contributed by atoms with E-state index in [0.717, 1.165) is 33.9 Å². The molecular formula is C40H44N4O6. The van der Waals surface area contributed by atoms with E-state index in [9.17, 15) is 29.4 Å². The van der Waals surface area contributed by atoms with Gasteiger partial charge in [-0.15, -0.1) is 0 Å². The first-order valence-corrected chi connectivity index (χ1v) is 17.0. The van der Waals surface area contributed by atoms with Crippen LogP contribution in [0.2, 0.25) is 0 Å². The third-order valence-electron chi connectivity index (χ3n) is 9.08. The van der Waals surface area contributed by atoms with E-state index in [4.69, 9.17) is 0 Å². The first-order valence-electron chi connectivity index (χ1n) is 17.0. The Bertz CT molecular complexity index is 1610. The van der Waals surface area contributed by atoms with Gasteiger partial charge in [0.15, 0.2) is 0 Å². The van der Waals surface area contributed by atoms with Crippen LogP contribution in [-0.4, -0.2) is 56.9 Å². The van der Waals surface area contributed by atoms with Gasteiger partial charge in [-0.1, -0.05) is 74.5 Å². The smallest absolute Gasteiger partial charge is 0.308 e. The lowest BCUT2D eigenvalue weighted by Gasteiger charge is -2.48. The van der Waals surface area contributed by atoms with Crippen molar-refractivity contribution >= 4 is 46.5 Å². The van der Waals surface area contributed by atoms with Crippen molar-refractivity contribution in [1.29, 1.82) is 0 Å². The standard InChI is InChI=1S/C40H44N4O6/c1-3-23-43(25-27-15-19-31(20-16-27)41-29-11-7-5-8-12-29)37(45)33-35(39(47)48)34(36(33)40(49)50)38(46)44(24-4-2)26-28-17-21-32(22-18-28)42-30-13-9-6-10-14-30/h5-22,33-36,41-42H,3-4,23-26H2,1-2H3,(H,47,48)(H,49,50)/t33-,34-,35-,36-. The van der Waals surface area contributed by atoms with Crippen molar-refractivity contribution in [3.05, 3.63) is 120 Å². The third kappa shape index (κ3) is 8.49. The van der Waals surface area contributed by atoms with E-state index in [1.165, 1.54) is 9.80 Å². The van der Waals surface area contributed by atoms with E-state index in [-0.39, 0.29) is 13.1 Å². The second kappa shape index (κ2) is 16.6. The van der Waals surface area contributed by atoms with Crippen LogP contribution in [0.3, 0.4) is 0 Å². The van der Waals surface area contributed by atoms with Crippen molar-refractivity contribution in [3.63, 3.8) is 0 Å². The molecule has 4 aromatic carbocycles. The molecule has 1 fully saturated rings. The molecule has 0 radical (unpaired) electrons. The molecule has 1 aliphatic rings. The predicted octanol–water partition coefficient (Wildman–Crippen LogP) is 7.00. The molecule has 0 heterocycles. The first kappa shape index (κ1) is 35.7. The maximum absolute atomic E-state index is 14.0. The average Bonchev–Trinajstić information content (AvgIpc) is 3.09. The summed E-state index contributed by atoms with van der Waals surface area (Å²) in [5.74, 6) is -9.46. The van der Waals surface area contributed by atoms with E-state index in [1.54, 1.807) is 0 Å². The maximum Gasteiger partial charge on any atom is 0.308 e. The zero-order valence-electron chi connectivity index (χ0n) is 28.4. The van der Waals surface area contributed by atoms with Gasteiger partial charge < -0.3 is 30.6 Å². The fraction of sp³-hybridized carbons (Fsp3) is 0.300. The minimum atomic E-state index is -1.45.